The summed E-state index contributed by atoms with van der Waals surface area (Å²) in [7, 11) is 0.377. The molecule has 3 rings (SSSR count). The lowest BCUT2D eigenvalue weighted by Crippen LogP contribution is -2.54. The average molecular weight is 563 g/mol. The highest BCUT2D eigenvalue weighted by atomic mass is 35.5. The van der Waals surface area contributed by atoms with Gasteiger partial charge in [0.05, 0.1) is 23.8 Å². The zero-order chi connectivity index (χ0) is 28.3. The molecule has 0 radical (unpaired) electrons. The molecule has 0 saturated carbocycles. The predicted molar refractivity (Wildman–Crippen MR) is 159 cm³/mol. The maximum Gasteiger partial charge on any atom is 0.410 e. The van der Waals surface area contributed by atoms with Crippen LogP contribution in [0.4, 0.5) is 4.79 Å². The molecule has 1 aliphatic heterocycles. The molecule has 1 aliphatic rings. The van der Waals surface area contributed by atoms with Crippen molar-refractivity contribution in [2.24, 2.45) is 10.8 Å². The summed E-state index contributed by atoms with van der Waals surface area (Å²) in [6.07, 6.45) is 6.27. The molecule has 0 aliphatic carbocycles. The van der Waals surface area contributed by atoms with Gasteiger partial charge in [0.2, 0.25) is 0 Å². The maximum absolute atomic E-state index is 12.8. The highest BCUT2D eigenvalue weighted by Crippen LogP contribution is 2.48. The van der Waals surface area contributed by atoms with Crippen molar-refractivity contribution in [3.05, 3.63) is 35.0 Å². The van der Waals surface area contributed by atoms with E-state index in [9.17, 15) is 4.79 Å². The van der Waals surface area contributed by atoms with E-state index in [1.54, 1.807) is 13.3 Å². The van der Waals surface area contributed by atoms with E-state index in [0.29, 0.717) is 18.1 Å². The molecule has 1 fully saturated rings. The lowest BCUT2D eigenvalue weighted by atomic mass is 9.63. The van der Waals surface area contributed by atoms with Gasteiger partial charge in [0.1, 0.15) is 11.4 Å². The number of rotatable bonds is 8. The van der Waals surface area contributed by atoms with Crippen molar-refractivity contribution in [1.82, 2.24) is 9.88 Å². The Labute approximate surface area is 236 Å². The van der Waals surface area contributed by atoms with Gasteiger partial charge in [-0.05, 0) is 101 Å². The Morgan fingerprint density at radius 3 is 2.37 bits per heavy atom. The number of likely N-dealkylation sites (tertiary alicyclic amines) is 1. The van der Waals surface area contributed by atoms with Crippen molar-refractivity contribution in [1.29, 1.82) is 0 Å². The van der Waals surface area contributed by atoms with Crippen molar-refractivity contribution in [2.75, 3.05) is 20.2 Å². The third-order valence-corrected chi connectivity index (χ3v) is 8.54. The number of hydrogen-bond acceptors (Lipinski definition) is 5. The number of halogens is 1. The quantitative estimate of drug-likeness (QED) is 0.309. The van der Waals surface area contributed by atoms with Gasteiger partial charge in [0.15, 0.2) is 9.04 Å². The molecule has 6 nitrogen and oxygen atoms in total. The molecule has 0 N–H and O–H groups in total. The summed E-state index contributed by atoms with van der Waals surface area (Å²) in [4.78, 5) is 19.2. The number of carbonyl (C=O) groups excluding carboxylic acids is 1. The summed E-state index contributed by atoms with van der Waals surface area (Å²) in [5.74, 6) is 0.803. The molecule has 1 aromatic carbocycles. The van der Waals surface area contributed by atoms with Crippen LogP contribution in [0, 0.1) is 10.8 Å². The fraction of sp³-hybridized carbons (Fsp3) is 0.667. The first-order valence-corrected chi connectivity index (χ1v) is 17.1. The van der Waals surface area contributed by atoms with Gasteiger partial charge >= 0.3 is 6.09 Å². The molecule has 212 valence electrons. The molecule has 2 aromatic rings. The molecule has 2 heterocycles. The molecule has 38 heavy (non-hydrogen) atoms. The smallest absolute Gasteiger partial charge is 0.410 e. The van der Waals surface area contributed by atoms with Crippen molar-refractivity contribution in [3.63, 3.8) is 0 Å². The number of pyridine rings is 1. The number of aromatic nitrogens is 1. The molecule has 0 spiro atoms. The number of aryl methyl sites for hydroxylation is 1. The Bertz CT molecular complexity index is 1100. The molecular formula is C30H47ClN2O4Si. The fourth-order valence-electron chi connectivity index (χ4n) is 5.84. The van der Waals surface area contributed by atoms with Crippen LogP contribution in [-0.2, 0) is 15.6 Å². The summed E-state index contributed by atoms with van der Waals surface area (Å²) in [5.41, 5.74) is 1.50. The molecular weight excluding hydrogens is 516 g/mol. The topological polar surface area (TPSA) is 60.9 Å². The Balaban J connectivity index is 1.86. The van der Waals surface area contributed by atoms with Gasteiger partial charge in [-0.2, -0.15) is 0 Å². The Morgan fingerprint density at radius 2 is 1.82 bits per heavy atom. The Morgan fingerprint density at radius 1 is 1.16 bits per heavy atom. The van der Waals surface area contributed by atoms with Gasteiger partial charge in [-0.1, -0.05) is 32.4 Å². The number of methoxy groups -OCH3 is 1. The third-order valence-electron chi connectivity index (χ3n) is 7.40. The highest BCUT2D eigenvalue weighted by molar-refractivity contribution is 6.48. The van der Waals surface area contributed by atoms with Gasteiger partial charge in [0.25, 0.3) is 0 Å². The van der Waals surface area contributed by atoms with Crippen molar-refractivity contribution in [2.45, 2.75) is 98.4 Å². The van der Waals surface area contributed by atoms with E-state index >= 15 is 0 Å². The van der Waals surface area contributed by atoms with Crippen LogP contribution in [-0.4, -0.2) is 56.9 Å². The monoisotopic (exact) mass is 562 g/mol. The van der Waals surface area contributed by atoms with Gasteiger partial charge in [-0.3, -0.25) is 4.98 Å². The number of benzene rings is 1. The minimum absolute atomic E-state index is 0.0142. The van der Waals surface area contributed by atoms with Gasteiger partial charge in [-0.25, -0.2) is 4.79 Å². The van der Waals surface area contributed by atoms with Crippen LogP contribution >= 0.6 is 11.6 Å². The first-order valence-electron chi connectivity index (χ1n) is 13.9. The molecule has 1 saturated heterocycles. The second-order valence-corrected chi connectivity index (χ2v) is 15.9. The van der Waals surface area contributed by atoms with Crippen LogP contribution in [0.5, 0.6) is 5.75 Å². The molecule has 0 bridgehead atoms. The van der Waals surface area contributed by atoms with Crippen molar-refractivity contribution in [3.8, 4) is 5.75 Å². The van der Waals surface area contributed by atoms with E-state index in [2.05, 4.69) is 38.8 Å². The van der Waals surface area contributed by atoms with Crippen LogP contribution in [0.2, 0.25) is 18.1 Å². The predicted octanol–water partition coefficient (Wildman–Crippen LogP) is 7.65. The normalized spacial score (nSPS) is 17.1. The van der Waals surface area contributed by atoms with E-state index in [1.807, 2.05) is 43.9 Å². The van der Waals surface area contributed by atoms with Crippen LogP contribution in [0.15, 0.2) is 24.4 Å². The average Bonchev–Trinajstić information content (AvgIpc) is 2.82. The number of amides is 1. The number of piperidine rings is 1. The Kier molecular flexibility index (Phi) is 9.80. The lowest BCUT2D eigenvalue weighted by Gasteiger charge is -2.51. The second kappa shape index (κ2) is 12.1. The van der Waals surface area contributed by atoms with E-state index < -0.39 is 14.6 Å². The van der Waals surface area contributed by atoms with Crippen LogP contribution < -0.4 is 4.74 Å². The van der Waals surface area contributed by atoms with Gasteiger partial charge < -0.3 is 18.8 Å². The molecule has 1 atom stereocenters. The number of ether oxygens (including phenoxy) is 2. The van der Waals surface area contributed by atoms with Crippen molar-refractivity contribution >= 4 is 37.6 Å². The summed E-state index contributed by atoms with van der Waals surface area (Å²) >= 11 is 6.69. The van der Waals surface area contributed by atoms with E-state index in [4.69, 9.17) is 25.5 Å². The molecule has 1 unspecified atom stereocenters. The fourth-order valence-corrected chi connectivity index (χ4v) is 7.33. The number of fused-ring (bicyclic) bond motifs is 1. The first-order chi connectivity index (χ1) is 17.6. The third kappa shape index (κ3) is 7.63. The molecule has 8 heteroatoms. The van der Waals surface area contributed by atoms with E-state index in [1.165, 1.54) is 0 Å². The summed E-state index contributed by atoms with van der Waals surface area (Å²) < 4.78 is 18.0. The van der Waals surface area contributed by atoms with E-state index in [0.717, 1.165) is 54.3 Å². The maximum atomic E-state index is 12.8. The zero-order valence-electron chi connectivity index (χ0n) is 24.8. The van der Waals surface area contributed by atoms with Crippen LogP contribution in [0.1, 0.15) is 72.8 Å². The number of carbonyl (C=O) groups is 1. The summed E-state index contributed by atoms with van der Waals surface area (Å²) in [6.45, 7) is 18.5. The van der Waals surface area contributed by atoms with Crippen LogP contribution in [0.3, 0.4) is 0 Å². The van der Waals surface area contributed by atoms with E-state index in [-0.39, 0.29) is 23.0 Å². The minimum Gasteiger partial charge on any atom is -0.497 e. The van der Waals surface area contributed by atoms with Gasteiger partial charge in [0, 0.05) is 24.7 Å². The van der Waals surface area contributed by atoms with Gasteiger partial charge in [-0.15, -0.1) is 0 Å². The minimum atomic E-state index is -1.30. The second-order valence-electron chi connectivity index (χ2n) is 13.1. The molecule has 1 aromatic heterocycles. The van der Waals surface area contributed by atoms with Crippen LogP contribution in [0.25, 0.3) is 10.9 Å². The standard InChI is InChI=1S/C30H47ClN2O4Si/c1-28(2,3)26(37-38(8)9)30(15-17-33(18-16-30)27(34)36-29(4,5)6)14-10-11-22-23-19-21(35-7)12-13-25(23)32-20-24(22)31/h12-13,19-20,26,38H,10-11,14-18H2,1-9H3. The van der Waals surface area contributed by atoms with Crippen molar-refractivity contribution < 1.29 is 18.7 Å². The molecule has 1 amide bonds. The SMILES string of the molecule is COc1ccc2ncc(Cl)c(CCCC3(C(O[SiH](C)C)C(C)(C)C)CCN(C(=O)OC(C)(C)C)CC3)c2c1. The first kappa shape index (κ1) is 30.7. The number of hydrogen-bond donors (Lipinski definition) is 0. The zero-order valence-corrected chi connectivity index (χ0v) is 26.7. The number of nitrogens with zero attached hydrogens (tertiary/aromatic N) is 2. The summed E-state index contributed by atoms with van der Waals surface area (Å²) in [5, 5.41) is 1.74. The lowest BCUT2D eigenvalue weighted by molar-refractivity contribution is -0.0735. The highest BCUT2D eigenvalue weighted by Gasteiger charge is 2.48. The Hall–Kier alpha value is -1.83. The largest absolute Gasteiger partial charge is 0.497 e. The summed E-state index contributed by atoms with van der Waals surface area (Å²) in [6, 6.07) is 5.95.